The Morgan fingerprint density at radius 1 is 0.932 bits per heavy atom. The molecule has 12 heteroatoms. The summed E-state index contributed by atoms with van der Waals surface area (Å²) in [6, 6.07) is 7.77. The van der Waals surface area contributed by atoms with E-state index in [0.29, 0.717) is 11.1 Å². The molecule has 6 unspecified atom stereocenters. The van der Waals surface area contributed by atoms with Crippen LogP contribution in [0.3, 0.4) is 0 Å². The van der Waals surface area contributed by atoms with E-state index in [-0.39, 0.29) is 47.6 Å². The first-order valence-electron chi connectivity index (χ1n) is 14.2. The van der Waals surface area contributed by atoms with E-state index >= 15 is 0 Å². The topological polar surface area (TPSA) is 113 Å². The molecular formula is C32H31Cl2FN2O7. The number of fused-ring (bicyclic) bond motifs is 4. The second-order valence-electron chi connectivity index (χ2n) is 12.7. The molecule has 1 saturated carbocycles. The molecule has 2 heterocycles. The van der Waals surface area contributed by atoms with E-state index in [1.807, 2.05) is 6.08 Å². The molecule has 2 aliphatic carbocycles. The van der Waals surface area contributed by atoms with Gasteiger partial charge in [0.2, 0.25) is 17.6 Å². The second-order valence-corrected chi connectivity index (χ2v) is 13.9. The summed E-state index contributed by atoms with van der Waals surface area (Å²) in [5.74, 6) is -6.51. The summed E-state index contributed by atoms with van der Waals surface area (Å²) in [6.07, 6.45) is 1.83. The number of phenols is 1. The largest absolute Gasteiger partial charge is 0.502 e. The second kappa shape index (κ2) is 9.94. The lowest BCUT2D eigenvalue weighted by atomic mass is 9.56. The lowest BCUT2D eigenvalue weighted by molar-refractivity contribution is -0.145. The number of likely N-dealkylation sites (tertiary alicyclic amines) is 1. The number of allylic oxidation sites excluding steroid dienone is 2. The van der Waals surface area contributed by atoms with Crippen molar-refractivity contribution in [3.63, 3.8) is 0 Å². The molecule has 6 rings (SSSR count). The van der Waals surface area contributed by atoms with E-state index < -0.39 is 56.6 Å². The van der Waals surface area contributed by atoms with Crippen molar-refractivity contribution in [1.29, 1.82) is 0 Å². The Balaban J connectivity index is 1.59. The van der Waals surface area contributed by atoms with E-state index in [4.69, 9.17) is 32.7 Å². The van der Waals surface area contributed by atoms with Gasteiger partial charge in [0.05, 0.1) is 31.7 Å². The number of halogens is 3. The van der Waals surface area contributed by atoms with Crippen LogP contribution in [0.2, 0.25) is 0 Å². The fourth-order valence-corrected chi connectivity index (χ4v) is 8.45. The van der Waals surface area contributed by atoms with Crippen LogP contribution >= 0.6 is 23.2 Å². The summed E-state index contributed by atoms with van der Waals surface area (Å²) in [5.41, 5.74) is 0.213. The summed E-state index contributed by atoms with van der Waals surface area (Å²) in [6.45, 7) is 5.33. The molecule has 3 fully saturated rings. The predicted octanol–water partition coefficient (Wildman–Crippen LogP) is 4.91. The minimum atomic E-state index is -2.13. The molecule has 2 aromatic rings. The summed E-state index contributed by atoms with van der Waals surface area (Å²) in [5, 5.41) is 10.7. The van der Waals surface area contributed by atoms with Crippen molar-refractivity contribution in [1.82, 2.24) is 4.90 Å². The van der Waals surface area contributed by atoms with Gasteiger partial charge < -0.3 is 14.6 Å². The third-order valence-electron chi connectivity index (χ3n) is 9.40. The van der Waals surface area contributed by atoms with Crippen molar-refractivity contribution in [2.75, 3.05) is 19.1 Å². The lowest BCUT2D eigenvalue weighted by Gasteiger charge is -2.50. The van der Waals surface area contributed by atoms with Crippen molar-refractivity contribution in [2.24, 2.45) is 17.8 Å². The fourth-order valence-electron chi connectivity index (χ4n) is 7.51. The van der Waals surface area contributed by atoms with Gasteiger partial charge in [-0.2, -0.15) is 0 Å². The maximum Gasteiger partial charge on any atom is 0.258 e. The number of carbonyl (C=O) groups is 4. The average Bonchev–Trinajstić information content (AvgIpc) is 3.32. The van der Waals surface area contributed by atoms with Gasteiger partial charge in [-0.1, -0.05) is 11.6 Å². The Kier molecular flexibility index (Phi) is 6.87. The molecule has 9 nitrogen and oxygen atoms in total. The van der Waals surface area contributed by atoms with E-state index in [1.54, 1.807) is 20.8 Å². The van der Waals surface area contributed by atoms with Crippen molar-refractivity contribution in [3.05, 3.63) is 59.4 Å². The minimum absolute atomic E-state index is 0.0226. The van der Waals surface area contributed by atoms with E-state index in [2.05, 4.69) is 0 Å². The number of imide groups is 2. The van der Waals surface area contributed by atoms with Gasteiger partial charge in [0.1, 0.15) is 5.82 Å². The van der Waals surface area contributed by atoms with Crippen LogP contribution in [0, 0.1) is 23.6 Å². The number of amides is 4. The molecule has 0 aromatic heterocycles. The van der Waals surface area contributed by atoms with Crippen LogP contribution in [-0.2, 0) is 19.2 Å². The molecule has 2 saturated heterocycles. The van der Waals surface area contributed by atoms with E-state index in [0.717, 1.165) is 17.0 Å². The third-order valence-corrected chi connectivity index (χ3v) is 10.8. The highest BCUT2D eigenvalue weighted by molar-refractivity contribution is 6.58. The number of phenolic OH excluding ortho intramolecular Hbond substituents is 1. The predicted molar refractivity (Wildman–Crippen MR) is 159 cm³/mol. The van der Waals surface area contributed by atoms with E-state index in [9.17, 15) is 28.7 Å². The minimum Gasteiger partial charge on any atom is -0.502 e. The number of ether oxygens (including phenoxy) is 2. The van der Waals surface area contributed by atoms with Crippen LogP contribution in [0.5, 0.6) is 17.2 Å². The molecule has 2 aromatic carbocycles. The number of aromatic hydroxyl groups is 1. The SMILES string of the molecule is COc1cc(C2C3=CCC4C(=O)N(C(C)(C)C)C(=O)C4C3CC3(Cl)C(=O)N(c4ccc(F)cc4)C(=O)C23Cl)cc(OC)c1O. The molecule has 4 amide bonds. The molecular weight excluding hydrogens is 614 g/mol. The van der Waals surface area contributed by atoms with Gasteiger partial charge in [0.25, 0.3) is 11.8 Å². The summed E-state index contributed by atoms with van der Waals surface area (Å²) in [4.78, 5) is 54.3. The van der Waals surface area contributed by atoms with Crippen LogP contribution in [-0.4, -0.2) is 63.1 Å². The smallest absolute Gasteiger partial charge is 0.258 e. The van der Waals surface area contributed by atoms with Crippen molar-refractivity contribution >= 4 is 52.5 Å². The highest BCUT2D eigenvalue weighted by Crippen LogP contribution is 2.66. The van der Waals surface area contributed by atoms with Crippen LogP contribution in [0.15, 0.2) is 48.0 Å². The zero-order valence-electron chi connectivity index (χ0n) is 24.7. The van der Waals surface area contributed by atoms with Crippen LogP contribution in [0.1, 0.15) is 45.1 Å². The number of methoxy groups -OCH3 is 2. The Morgan fingerprint density at radius 3 is 2.07 bits per heavy atom. The van der Waals surface area contributed by atoms with Crippen molar-refractivity contribution in [3.8, 4) is 17.2 Å². The van der Waals surface area contributed by atoms with Crippen LogP contribution in [0.4, 0.5) is 10.1 Å². The van der Waals surface area contributed by atoms with Gasteiger partial charge in [-0.25, -0.2) is 9.29 Å². The number of alkyl halides is 2. The van der Waals surface area contributed by atoms with Gasteiger partial charge in [0, 0.05) is 11.5 Å². The first kappa shape index (κ1) is 30.4. The van der Waals surface area contributed by atoms with Crippen LogP contribution < -0.4 is 14.4 Å². The monoisotopic (exact) mass is 644 g/mol. The molecule has 0 spiro atoms. The zero-order chi connectivity index (χ0) is 32.1. The number of rotatable bonds is 4. The number of carbonyl (C=O) groups excluding carboxylic acids is 4. The first-order chi connectivity index (χ1) is 20.6. The van der Waals surface area contributed by atoms with Crippen molar-refractivity contribution in [2.45, 2.75) is 54.8 Å². The summed E-state index contributed by atoms with van der Waals surface area (Å²) in [7, 11) is 2.69. The van der Waals surface area contributed by atoms with Crippen molar-refractivity contribution < 1.29 is 38.1 Å². The number of anilines is 1. The number of benzene rings is 2. The molecule has 2 aliphatic heterocycles. The molecule has 1 N–H and O–H groups in total. The molecule has 44 heavy (non-hydrogen) atoms. The number of hydrogen-bond donors (Lipinski definition) is 1. The van der Waals surface area contributed by atoms with Gasteiger partial charge >= 0.3 is 0 Å². The normalized spacial score (nSPS) is 31.5. The van der Waals surface area contributed by atoms with Crippen LogP contribution in [0.25, 0.3) is 0 Å². The molecule has 232 valence electrons. The maximum atomic E-state index is 14.5. The first-order valence-corrected chi connectivity index (χ1v) is 14.9. The van der Waals surface area contributed by atoms with Gasteiger partial charge in [0.15, 0.2) is 21.2 Å². The standard InChI is InChI=1S/C32H31Cl2FN2O7/c1-30(2,3)37-26(39)19-11-10-18-20(23(19)27(37)40)14-31(33)28(41)36(17-8-6-16(35)7-9-17)29(42)32(31,34)24(18)15-12-21(43-4)25(38)22(13-15)44-5/h6-10,12-13,19-20,23-24,38H,11,14H2,1-5H3. The summed E-state index contributed by atoms with van der Waals surface area (Å²) < 4.78 is 24.6. The highest BCUT2D eigenvalue weighted by Gasteiger charge is 2.76. The Labute approximate surface area is 263 Å². The van der Waals surface area contributed by atoms with Gasteiger partial charge in [-0.05, 0) is 81.5 Å². The van der Waals surface area contributed by atoms with Gasteiger partial charge in [-0.15, -0.1) is 23.2 Å². The molecule has 6 atom stereocenters. The fraction of sp³-hybridized carbons (Fsp3) is 0.438. The number of hydrogen-bond acceptors (Lipinski definition) is 7. The Morgan fingerprint density at radius 2 is 1.52 bits per heavy atom. The maximum absolute atomic E-state index is 14.5. The molecule has 0 bridgehead atoms. The summed E-state index contributed by atoms with van der Waals surface area (Å²) >= 11 is 14.7. The third kappa shape index (κ3) is 3.89. The average molecular weight is 646 g/mol. The Bertz CT molecular complexity index is 1630. The number of nitrogens with zero attached hydrogens (tertiary/aromatic N) is 2. The molecule has 0 radical (unpaired) electrons. The van der Waals surface area contributed by atoms with Gasteiger partial charge in [-0.3, -0.25) is 24.1 Å². The molecule has 4 aliphatic rings. The quantitative estimate of drug-likeness (QED) is 0.286. The zero-order valence-corrected chi connectivity index (χ0v) is 26.2. The highest BCUT2D eigenvalue weighted by atomic mass is 35.5. The Hall–Kier alpha value is -3.63. The van der Waals surface area contributed by atoms with E-state index in [1.165, 1.54) is 43.4 Å². The lowest BCUT2D eigenvalue weighted by Crippen LogP contribution is -2.60.